The molecule has 6 nitrogen and oxygen atoms in total. The largest absolute Gasteiger partial charge is 0.357 e. The lowest BCUT2D eigenvalue weighted by molar-refractivity contribution is 0.416. The molecule has 0 N–H and O–H groups in total. The molecule has 0 aliphatic rings. The number of rotatable bonds is 4. The monoisotopic (exact) mass is 276 g/mol. The summed E-state index contributed by atoms with van der Waals surface area (Å²) in [6, 6.07) is 3.96. The highest BCUT2D eigenvalue weighted by Gasteiger charge is 2.22. The molecule has 0 fully saturated rings. The minimum Gasteiger partial charge on any atom is -0.357 e. The fraction of sp³-hybridized carbons (Fsp3) is 0.643. The van der Waals surface area contributed by atoms with Gasteiger partial charge in [0.15, 0.2) is 11.5 Å². The predicted molar refractivity (Wildman–Crippen MR) is 81.3 cm³/mol. The third kappa shape index (κ3) is 3.07. The highest BCUT2D eigenvalue weighted by Crippen LogP contribution is 2.21. The van der Waals surface area contributed by atoms with Gasteiger partial charge in [0.05, 0.1) is 0 Å². The second kappa shape index (κ2) is 5.36. The standard InChI is InChI=1S/C14H24N6/c1-14(2,3)13-16-15-11-7-8-12(17-20(11)13)19(6)10-9-18(4)5/h7-8H,9-10H2,1-6H3. The third-order valence-electron chi connectivity index (χ3n) is 3.19. The Balaban J connectivity index is 2.32. The Hall–Kier alpha value is -1.69. The summed E-state index contributed by atoms with van der Waals surface area (Å²) >= 11 is 0. The summed E-state index contributed by atoms with van der Waals surface area (Å²) in [5.74, 6) is 1.82. The molecule has 2 heterocycles. The molecule has 0 bridgehead atoms. The predicted octanol–water partition coefficient (Wildman–Crippen LogP) is 1.42. The van der Waals surface area contributed by atoms with Crippen LogP contribution in [0.5, 0.6) is 0 Å². The zero-order chi connectivity index (χ0) is 14.9. The van der Waals surface area contributed by atoms with Gasteiger partial charge in [-0.15, -0.1) is 15.3 Å². The van der Waals surface area contributed by atoms with Crippen LogP contribution in [0.1, 0.15) is 26.6 Å². The zero-order valence-corrected chi connectivity index (χ0v) is 13.3. The van der Waals surface area contributed by atoms with Gasteiger partial charge in [-0.1, -0.05) is 20.8 Å². The molecule has 0 unspecified atom stereocenters. The van der Waals surface area contributed by atoms with Crippen LogP contribution < -0.4 is 4.90 Å². The van der Waals surface area contributed by atoms with E-state index in [1.54, 1.807) is 0 Å². The Morgan fingerprint density at radius 3 is 2.35 bits per heavy atom. The van der Waals surface area contributed by atoms with Crippen LogP contribution in [0.15, 0.2) is 12.1 Å². The van der Waals surface area contributed by atoms with Crippen LogP contribution >= 0.6 is 0 Å². The number of likely N-dealkylation sites (N-methyl/N-ethyl adjacent to an activating group) is 2. The van der Waals surface area contributed by atoms with Crippen molar-refractivity contribution < 1.29 is 0 Å². The van der Waals surface area contributed by atoms with Crippen LogP contribution in [-0.4, -0.2) is 58.9 Å². The summed E-state index contributed by atoms with van der Waals surface area (Å²) in [6.45, 7) is 8.28. The third-order valence-corrected chi connectivity index (χ3v) is 3.19. The Labute approximate surface area is 120 Å². The van der Waals surface area contributed by atoms with Gasteiger partial charge in [0.25, 0.3) is 0 Å². The number of nitrogens with zero attached hydrogens (tertiary/aromatic N) is 6. The van der Waals surface area contributed by atoms with Crippen molar-refractivity contribution in [2.45, 2.75) is 26.2 Å². The first-order valence-corrected chi connectivity index (χ1v) is 6.88. The SMILES string of the molecule is CN(C)CCN(C)c1ccc2nnc(C(C)(C)C)n2n1. The van der Waals surface area contributed by atoms with Gasteiger partial charge in [-0.25, -0.2) is 0 Å². The summed E-state index contributed by atoms with van der Waals surface area (Å²) in [6.07, 6.45) is 0. The van der Waals surface area contributed by atoms with E-state index in [0.717, 1.165) is 30.4 Å². The van der Waals surface area contributed by atoms with Gasteiger partial charge in [0.2, 0.25) is 0 Å². The van der Waals surface area contributed by atoms with Gasteiger partial charge in [-0.2, -0.15) is 4.52 Å². The van der Waals surface area contributed by atoms with Gasteiger partial charge >= 0.3 is 0 Å². The molecule has 2 rings (SSSR count). The molecule has 0 aliphatic carbocycles. The molecule has 0 aliphatic heterocycles. The molecule has 0 amide bonds. The topological polar surface area (TPSA) is 49.6 Å². The quantitative estimate of drug-likeness (QED) is 0.845. The Morgan fingerprint density at radius 1 is 1.05 bits per heavy atom. The van der Waals surface area contributed by atoms with Crippen LogP contribution in [0.25, 0.3) is 5.65 Å². The smallest absolute Gasteiger partial charge is 0.178 e. The van der Waals surface area contributed by atoms with E-state index in [1.807, 2.05) is 16.6 Å². The summed E-state index contributed by atoms with van der Waals surface area (Å²) in [5, 5.41) is 13.1. The van der Waals surface area contributed by atoms with Crippen molar-refractivity contribution in [2.24, 2.45) is 0 Å². The second-order valence-electron chi connectivity index (χ2n) is 6.46. The van der Waals surface area contributed by atoms with Gasteiger partial charge in [0, 0.05) is 25.6 Å². The molecule has 110 valence electrons. The summed E-state index contributed by atoms with van der Waals surface area (Å²) in [4.78, 5) is 4.31. The molecule has 0 atom stereocenters. The number of fused-ring (bicyclic) bond motifs is 1. The molecular formula is C14H24N6. The molecule has 0 saturated carbocycles. The highest BCUT2D eigenvalue weighted by molar-refractivity contribution is 5.45. The summed E-state index contributed by atoms with van der Waals surface area (Å²) in [7, 11) is 6.20. The molecule has 2 aromatic heterocycles. The number of anilines is 1. The summed E-state index contributed by atoms with van der Waals surface area (Å²) in [5.41, 5.74) is 0.715. The lowest BCUT2D eigenvalue weighted by Crippen LogP contribution is -2.29. The minimum absolute atomic E-state index is 0.0761. The maximum Gasteiger partial charge on any atom is 0.178 e. The number of hydrogen-bond donors (Lipinski definition) is 0. The van der Waals surface area contributed by atoms with Crippen LogP contribution in [-0.2, 0) is 5.41 Å². The Morgan fingerprint density at radius 2 is 1.75 bits per heavy atom. The van der Waals surface area contributed by atoms with Gasteiger partial charge in [0.1, 0.15) is 5.82 Å². The van der Waals surface area contributed by atoms with Crippen LogP contribution in [0.3, 0.4) is 0 Å². The molecular weight excluding hydrogens is 252 g/mol. The molecule has 20 heavy (non-hydrogen) atoms. The average molecular weight is 276 g/mol. The van der Waals surface area contributed by atoms with Crippen LogP contribution in [0.4, 0.5) is 5.82 Å². The van der Waals surface area contributed by atoms with E-state index < -0.39 is 0 Å². The van der Waals surface area contributed by atoms with E-state index in [4.69, 9.17) is 0 Å². The lowest BCUT2D eigenvalue weighted by atomic mass is 9.96. The van der Waals surface area contributed by atoms with Crippen molar-refractivity contribution in [1.29, 1.82) is 0 Å². The molecule has 0 spiro atoms. The Bertz CT molecular complexity index is 581. The van der Waals surface area contributed by atoms with E-state index in [9.17, 15) is 0 Å². The van der Waals surface area contributed by atoms with E-state index in [0.29, 0.717) is 0 Å². The minimum atomic E-state index is -0.0761. The van der Waals surface area contributed by atoms with Gasteiger partial charge < -0.3 is 9.80 Å². The van der Waals surface area contributed by atoms with Gasteiger partial charge in [-0.3, -0.25) is 0 Å². The molecule has 0 radical (unpaired) electrons. The van der Waals surface area contributed by atoms with Crippen molar-refractivity contribution >= 4 is 11.5 Å². The number of aromatic nitrogens is 4. The first-order valence-electron chi connectivity index (χ1n) is 6.88. The fourth-order valence-corrected chi connectivity index (χ4v) is 1.92. The van der Waals surface area contributed by atoms with Crippen molar-refractivity contribution in [3.63, 3.8) is 0 Å². The highest BCUT2D eigenvalue weighted by atomic mass is 15.4. The Kier molecular flexibility index (Phi) is 3.94. The van der Waals surface area contributed by atoms with Gasteiger partial charge in [-0.05, 0) is 26.2 Å². The first kappa shape index (κ1) is 14.7. The van der Waals surface area contributed by atoms with E-state index >= 15 is 0 Å². The maximum atomic E-state index is 4.68. The first-order chi connectivity index (χ1) is 9.29. The van der Waals surface area contributed by atoms with Crippen LogP contribution in [0.2, 0.25) is 0 Å². The second-order valence-corrected chi connectivity index (χ2v) is 6.46. The average Bonchev–Trinajstić information content (AvgIpc) is 2.78. The number of hydrogen-bond acceptors (Lipinski definition) is 5. The van der Waals surface area contributed by atoms with Crippen molar-refractivity contribution in [3.05, 3.63) is 18.0 Å². The van der Waals surface area contributed by atoms with Crippen molar-refractivity contribution in [2.75, 3.05) is 39.1 Å². The van der Waals surface area contributed by atoms with E-state index in [1.165, 1.54) is 0 Å². The van der Waals surface area contributed by atoms with Crippen molar-refractivity contribution in [1.82, 2.24) is 24.7 Å². The van der Waals surface area contributed by atoms with E-state index in [2.05, 4.69) is 67.0 Å². The molecule has 2 aromatic rings. The van der Waals surface area contributed by atoms with Crippen molar-refractivity contribution in [3.8, 4) is 0 Å². The molecule has 6 heteroatoms. The normalized spacial score (nSPS) is 12.3. The van der Waals surface area contributed by atoms with E-state index in [-0.39, 0.29) is 5.41 Å². The fourth-order valence-electron chi connectivity index (χ4n) is 1.92. The lowest BCUT2D eigenvalue weighted by Gasteiger charge is -2.21. The maximum absolute atomic E-state index is 4.68. The molecule has 0 saturated heterocycles. The van der Waals surface area contributed by atoms with Crippen LogP contribution in [0, 0.1) is 0 Å². The zero-order valence-electron chi connectivity index (χ0n) is 13.3. The molecule has 0 aromatic carbocycles. The summed E-state index contributed by atoms with van der Waals surface area (Å²) < 4.78 is 1.85.